The second-order valence-electron chi connectivity index (χ2n) is 26.3. The van der Waals surface area contributed by atoms with E-state index in [2.05, 4.69) is 172 Å². The lowest BCUT2D eigenvalue weighted by Gasteiger charge is -2.24. The van der Waals surface area contributed by atoms with Crippen molar-refractivity contribution in [2.45, 2.75) is 315 Å². The van der Waals surface area contributed by atoms with Gasteiger partial charge in [-0.1, -0.05) is 332 Å². The molecule has 0 fully saturated rings. The Kier molecular flexibility index (Phi) is 69.5. The standard InChI is InChI=1S/C84H142NO8P/c1-6-8-10-12-14-16-18-20-22-24-26-28-30-32-34-36-38-40-41-42-43-45-46-48-50-52-54-56-58-60-62-64-66-68-70-72-74-76-83(86)90-80-82(81-92-94(88,89)91-79-78-85(3,4)5)93-84(87)77-75-73-71-69-67-65-63-61-59-57-55-53-51-49-47-44-39-37-35-33-31-29-27-25-23-21-19-17-15-13-11-9-7-2/h8-11,14-17,20-23,26-29,32-35,39,44,49,51,55,57,82H,6-7,12-13,18-19,24-25,30-31,36-38,40-43,45-48,50,52-54,56,58-81H2,1-5H3/p+1/b10-8-,11-9-,16-14-,17-15-,22-20-,23-21-,28-26-,29-27-,34-32-,35-33-,44-39-,51-49-,57-55-. The average Bonchev–Trinajstić information content (AvgIpc) is 1.56. The van der Waals surface area contributed by atoms with E-state index in [9.17, 15) is 19.0 Å². The molecule has 0 saturated heterocycles. The SMILES string of the molecule is CC/C=C\C/C=C\C/C=C\C/C=C\C/C=C\C/C=C\C/C=C\C/C=C\CCCCCCCCCCC(=O)OC(COC(=O)CCCCCCCCCCCCCCCCCCCCCCC/C=C\C/C=C\C/C=C\C/C=C\C/C=C\CC)COP(=O)(O)OCC[N+](C)(C)C. The molecule has 0 bridgehead atoms. The van der Waals surface area contributed by atoms with Gasteiger partial charge in [-0.15, -0.1) is 0 Å². The van der Waals surface area contributed by atoms with Crippen molar-refractivity contribution in [1.82, 2.24) is 0 Å². The number of phosphoric acid groups is 1. The third-order valence-electron chi connectivity index (χ3n) is 16.1. The molecule has 0 heterocycles. The second-order valence-corrected chi connectivity index (χ2v) is 27.7. The summed E-state index contributed by atoms with van der Waals surface area (Å²) in [5, 5.41) is 0. The highest BCUT2D eigenvalue weighted by atomic mass is 31.2. The van der Waals surface area contributed by atoms with Crippen molar-refractivity contribution in [3.63, 3.8) is 0 Å². The van der Waals surface area contributed by atoms with E-state index < -0.39 is 26.5 Å². The van der Waals surface area contributed by atoms with Gasteiger partial charge in [0.05, 0.1) is 27.7 Å². The number of esters is 2. The molecule has 0 aromatic carbocycles. The maximum absolute atomic E-state index is 12.9. The fourth-order valence-corrected chi connectivity index (χ4v) is 11.0. The van der Waals surface area contributed by atoms with Crippen molar-refractivity contribution in [3.05, 3.63) is 158 Å². The van der Waals surface area contributed by atoms with Crippen LogP contribution in [0.2, 0.25) is 0 Å². The van der Waals surface area contributed by atoms with Gasteiger partial charge in [-0.3, -0.25) is 18.6 Å². The molecule has 0 aliphatic rings. The number of carbonyl (C=O) groups is 2. The predicted molar refractivity (Wildman–Crippen MR) is 408 cm³/mol. The molecule has 0 aliphatic carbocycles. The monoisotopic (exact) mass is 1330 g/mol. The van der Waals surface area contributed by atoms with Crippen LogP contribution in [0.3, 0.4) is 0 Å². The Morgan fingerprint density at radius 2 is 0.574 bits per heavy atom. The van der Waals surface area contributed by atoms with Crippen LogP contribution in [-0.4, -0.2) is 74.9 Å². The number of ether oxygens (including phenoxy) is 2. The Bertz CT molecular complexity index is 2150. The molecule has 2 atom stereocenters. The van der Waals surface area contributed by atoms with Gasteiger partial charge in [0.2, 0.25) is 0 Å². The van der Waals surface area contributed by atoms with E-state index in [0.29, 0.717) is 17.4 Å². The second kappa shape index (κ2) is 72.9. The number of quaternary nitrogens is 1. The first kappa shape index (κ1) is 89.6. The molecule has 1 N–H and O–H groups in total. The highest BCUT2D eigenvalue weighted by Gasteiger charge is 2.27. The average molecular weight is 1330 g/mol. The number of carbonyl (C=O) groups excluding carboxylic acids is 2. The van der Waals surface area contributed by atoms with Crippen molar-refractivity contribution in [2.24, 2.45) is 0 Å². The van der Waals surface area contributed by atoms with Gasteiger partial charge < -0.3 is 18.9 Å². The van der Waals surface area contributed by atoms with Crippen LogP contribution in [-0.2, 0) is 32.7 Å². The molecular weight excluding hydrogens is 1180 g/mol. The minimum atomic E-state index is -4.41. The third-order valence-corrected chi connectivity index (χ3v) is 17.0. The van der Waals surface area contributed by atoms with Gasteiger partial charge in [0.25, 0.3) is 0 Å². The summed E-state index contributed by atoms with van der Waals surface area (Å²) < 4.78 is 34.8. The number of rotatable bonds is 69. The van der Waals surface area contributed by atoms with E-state index in [1.54, 1.807) is 0 Å². The fraction of sp³-hybridized carbons (Fsp3) is 0.667. The highest BCUT2D eigenvalue weighted by molar-refractivity contribution is 7.47. The molecule has 0 aromatic heterocycles. The zero-order valence-electron chi connectivity index (χ0n) is 61.1. The lowest BCUT2D eigenvalue weighted by Crippen LogP contribution is -2.37. The van der Waals surface area contributed by atoms with E-state index in [4.69, 9.17) is 18.5 Å². The van der Waals surface area contributed by atoms with Crippen molar-refractivity contribution in [1.29, 1.82) is 0 Å². The highest BCUT2D eigenvalue weighted by Crippen LogP contribution is 2.43. The number of nitrogens with zero attached hydrogens (tertiary/aromatic N) is 1. The Morgan fingerprint density at radius 1 is 0.330 bits per heavy atom. The lowest BCUT2D eigenvalue weighted by atomic mass is 10.0. The van der Waals surface area contributed by atoms with Gasteiger partial charge in [-0.05, 0) is 122 Å². The van der Waals surface area contributed by atoms with E-state index in [1.807, 2.05) is 21.1 Å². The summed E-state index contributed by atoms with van der Waals surface area (Å²) in [6.45, 7) is 4.21. The van der Waals surface area contributed by atoms with Gasteiger partial charge in [0, 0.05) is 12.8 Å². The topological polar surface area (TPSA) is 108 Å². The summed E-state index contributed by atoms with van der Waals surface area (Å²) >= 11 is 0. The molecule has 0 amide bonds. The molecule has 94 heavy (non-hydrogen) atoms. The van der Waals surface area contributed by atoms with Crippen molar-refractivity contribution < 1.29 is 42.1 Å². The summed E-state index contributed by atoms with van der Waals surface area (Å²) in [4.78, 5) is 36.0. The van der Waals surface area contributed by atoms with Gasteiger partial charge in [-0.25, -0.2) is 4.57 Å². The number of hydrogen-bond donors (Lipinski definition) is 1. The van der Waals surface area contributed by atoms with Gasteiger partial charge in [0.15, 0.2) is 6.10 Å². The molecule has 10 heteroatoms. The molecule has 0 aliphatic heterocycles. The van der Waals surface area contributed by atoms with Crippen LogP contribution in [0.15, 0.2) is 158 Å². The molecule has 0 radical (unpaired) electrons. The van der Waals surface area contributed by atoms with Crippen molar-refractivity contribution >= 4 is 19.8 Å². The van der Waals surface area contributed by atoms with Gasteiger partial charge >= 0.3 is 19.8 Å². The molecule has 0 aromatic rings. The Labute approximate surface area is 579 Å². The van der Waals surface area contributed by atoms with Crippen LogP contribution < -0.4 is 0 Å². The minimum absolute atomic E-state index is 0.0240. The maximum Gasteiger partial charge on any atom is 0.472 e. The Morgan fingerprint density at radius 3 is 0.851 bits per heavy atom. The normalized spacial score (nSPS) is 14.0. The van der Waals surface area contributed by atoms with Gasteiger partial charge in [0.1, 0.15) is 19.8 Å². The van der Waals surface area contributed by atoms with Crippen LogP contribution in [0.25, 0.3) is 0 Å². The summed E-state index contributed by atoms with van der Waals surface area (Å²) in [5.74, 6) is -0.805. The molecule has 536 valence electrons. The summed E-state index contributed by atoms with van der Waals surface area (Å²) in [6, 6.07) is 0. The van der Waals surface area contributed by atoms with Crippen molar-refractivity contribution in [3.8, 4) is 0 Å². The fourth-order valence-electron chi connectivity index (χ4n) is 10.3. The molecule has 2 unspecified atom stereocenters. The largest absolute Gasteiger partial charge is 0.472 e. The molecule has 9 nitrogen and oxygen atoms in total. The number of phosphoric ester groups is 1. The van der Waals surface area contributed by atoms with Crippen LogP contribution in [0.1, 0.15) is 309 Å². The number of allylic oxidation sites excluding steroid dienone is 26. The van der Waals surface area contributed by atoms with E-state index in [0.717, 1.165) is 128 Å². The van der Waals surface area contributed by atoms with Crippen LogP contribution in [0.5, 0.6) is 0 Å². The van der Waals surface area contributed by atoms with Crippen LogP contribution >= 0.6 is 7.82 Å². The number of likely N-dealkylation sites (N-methyl/N-ethyl adjacent to an activating group) is 1. The van der Waals surface area contributed by atoms with E-state index in [-0.39, 0.29) is 32.0 Å². The van der Waals surface area contributed by atoms with E-state index >= 15 is 0 Å². The zero-order valence-corrected chi connectivity index (χ0v) is 62.0. The van der Waals surface area contributed by atoms with Crippen molar-refractivity contribution in [2.75, 3.05) is 47.5 Å². The van der Waals surface area contributed by atoms with Crippen LogP contribution in [0, 0.1) is 0 Å². The smallest absolute Gasteiger partial charge is 0.462 e. The van der Waals surface area contributed by atoms with E-state index in [1.165, 1.54) is 148 Å². The number of unbranched alkanes of at least 4 members (excludes halogenated alkanes) is 29. The van der Waals surface area contributed by atoms with Crippen LogP contribution in [0.4, 0.5) is 0 Å². The number of hydrogen-bond acceptors (Lipinski definition) is 7. The third kappa shape index (κ3) is 76.6. The molecule has 0 rings (SSSR count). The first-order valence-electron chi connectivity index (χ1n) is 38.2. The van der Waals surface area contributed by atoms with Gasteiger partial charge in [-0.2, -0.15) is 0 Å². The first-order chi connectivity index (χ1) is 46.0. The summed E-state index contributed by atoms with van der Waals surface area (Å²) in [5.41, 5.74) is 0. The zero-order chi connectivity index (χ0) is 68.3. The first-order valence-corrected chi connectivity index (χ1v) is 39.7. The lowest BCUT2D eigenvalue weighted by molar-refractivity contribution is -0.870. The Balaban J connectivity index is 4.03. The molecule has 0 spiro atoms. The molecule has 0 saturated carbocycles. The minimum Gasteiger partial charge on any atom is -0.462 e. The summed E-state index contributed by atoms with van der Waals surface area (Å²) in [7, 11) is 1.46. The summed E-state index contributed by atoms with van der Waals surface area (Å²) in [6.07, 6.45) is 109. The maximum atomic E-state index is 12.9. The molecular formula is C84H143NO8P+. The predicted octanol–water partition coefficient (Wildman–Crippen LogP) is 25.5. The quantitative estimate of drug-likeness (QED) is 0.0211. The Hall–Kier alpha value is -4.37.